The third-order valence-electron chi connectivity index (χ3n) is 3.00. The number of aliphatic hydroxyl groups excluding tert-OH is 1. The molecule has 1 aliphatic rings. The average molecular weight is 288 g/mol. The number of H-pyrrole nitrogens is 1. The monoisotopic (exact) mass is 288 g/mol. The lowest BCUT2D eigenvalue weighted by Gasteiger charge is -2.05. The number of aromatic nitrogens is 1. The maximum absolute atomic E-state index is 11.9. The molecule has 6 nitrogen and oxygen atoms in total. The van der Waals surface area contributed by atoms with Crippen LogP contribution in [0, 0.1) is 5.92 Å². The molecule has 0 amide bonds. The van der Waals surface area contributed by atoms with Crippen LogP contribution in [0.3, 0.4) is 0 Å². The van der Waals surface area contributed by atoms with Crippen molar-refractivity contribution in [2.75, 3.05) is 19.8 Å². The van der Waals surface area contributed by atoms with Gasteiger partial charge in [-0.15, -0.1) is 0 Å². The van der Waals surface area contributed by atoms with Crippen LogP contribution in [0.5, 0.6) is 0 Å². The van der Waals surface area contributed by atoms with Crippen molar-refractivity contribution in [1.82, 2.24) is 9.71 Å². The second-order valence-electron chi connectivity index (χ2n) is 4.79. The van der Waals surface area contributed by atoms with Crippen LogP contribution >= 0.6 is 0 Å². The van der Waals surface area contributed by atoms with E-state index in [1.807, 2.05) is 0 Å². The first kappa shape index (κ1) is 14.5. The van der Waals surface area contributed by atoms with E-state index in [1.54, 1.807) is 0 Å². The van der Waals surface area contributed by atoms with Crippen molar-refractivity contribution in [2.24, 2.45) is 5.92 Å². The maximum Gasteiger partial charge on any atom is 0.242 e. The van der Waals surface area contributed by atoms with E-state index in [4.69, 9.17) is 9.84 Å². The largest absolute Gasteiger partial charge is 0.390 e. The highest BCUT2D eigenvalue weighted by molar-refractivity contribution is 7.89. The Kier molecular flexibility index (Phi) is 4.98. The quantitative estimate of drug-likeness (QED) is 0.580. The lowest BCUT2D eigenvalue weighted by atomic mass is 10.4. The predicted molar refractivity (Wildman–Crippen MR) is 70.1 cm³/mol. The van der Waals surface area contributed by atoms with Gasteiger partial charge in [0, 0.05) is 31.6 Å². The van der Waals surface area contributed by atoms with Gasteiger partial charge in [-0.1, -0.05) is 0 Å². The van der Waals surface area contributed by atoms with Crippen LogP contribution in [0.25, 0.3) is 0 Å². The molecule has 0 aromatic carbocycles. The van der Waals surface area contributed by atoms with Gasteiger partial charge in [-0.3, -0.25) is 0 Å². The molecular formula is C12H20N2O4S. The normalized spacial score (nSPS) is 15.8. The molecule has 1 fully saturated rings. The van der Waals surface area contributed by atoms with Crippen LogP contribution < -0.4 is 4.72 Å². The fourth-order valence-corrected chi connectivity index (χ4v) is 2.76. The highest BCUT2D eigenvalue weighted by Gasteiger charge is 2.21. The summed E-state index contributed by atoms with van der Waals surface area (Å²) in [7, 11) is -3.49. The van der Waals surface area contributed by atoms with Gasteiger partial charge in [0.25, 0.3) is 0 Å². The second kappa shape index (κ2) is 6.51. The number of aromatic amines is 1. The molecule has 0 radical (unpaired) electrons. The zero-order valence-electron chi connectivity index (χ0n) is 10.8. The molecule has 0 unspecified atom stereocenters. The Morgan fingerprint density at radius 3 is 2.89 bits per heavy atom. The molecule has 1 aliphatic carbocycles. The minimum Gasteiger partial charge on any atom is -0.390 e. The Labute approximate surface area is 113 Å². The molecule has 0 bridgehead atoms. The van der Waals surface area contributed by atoms with Gasteiger partial charge < -0.3 is 14.8 Å². The predicted octanol–water partition coefficient (Wildman–Crippen LogP) is 0.602. The molecule has 3 N–H and O–H groups in total. The van der Waals surface area contributed by atoms with E-state index in [9.17, 15) is 8.42 Å². The number of rotatable bonds is 9. The van der Waals surface area contributed by atoms with Crippen LogP contribution in [0.1, 0.15) is 25.0 Å². The van der Waals surface area contributed by atoms with E-state index in [0.717, 1.165) is 12.5 Å². The molecule has 1 saturated carbocycles. The topological polar surface area (TPSA) is 91.4 Å². The van der Waals surface area contributed by atoms with E-state index >= 15 is 0 Å². The fraction of sp³-hybridized carbons (Fsp3) is 0.667. The summed E-state index contributed by atoms with van der Waals surface area (Å²) in [6.45, 7) is 1.52. The number of aliphatic hydroxyl groups is 1. The SMILES string of the molecule is O=S(=O)(NCCCOCC1CC1)c1c[nH]c(CO)c1. The molecule has 0 aliphatic heterocycles. The van der Waals surface area contributed by atoms with Crippen LogP contribution in [0.15, 0.2) is 17.2 Å². The number of ether oxygens (including phenoxy) is 1. The number of hydrogen-bond acceptors (Lipinski definition) is 4. The van der Waals surface area contributed by atoms with Crippen molar-refractivity contribution in [3.05, 3.63) is 18.0 Å². The standard InChI is InChI=1S/C12H20N2O4S/c15-8-11-6-12(7-13-11)19(16,17)14-4-1-5-18-9-10-2-3-10/h6-7,10,13-15H,1-5,8-9H2. The lowest BCUT2D eigenvalue weighted by Crippen LogP contribution is -2.25. The summed E-state index contributed by atoms with van der Waals surface area (Å²) < 4.78 is 31.7. The van der Waals surface area contributed by atoms with Gasteiger partial charge in [-0.05, 0) is 31.2 Å². The van der Waals surface area contributed by atoms with Crippen molar-refractivity contribution in [3.63, 3.8) is 0 Å². The fourth-order valence-electron chi connectivity index (χ4n) is 1.66. The van der Waals surface area contributed by atoms with Crippen molar-refractivity contribution in [3.8, 4) is 0 Å². The van der Waals surface area contributed by atoms with E-state index in [1.165, 1.54) is 25.1 Å². The van der Waals surface area contributed by atoms with Gasteiger partial charge in [-0.2, -0.15) is 0 Å². The smallest absolute Gasteiger partial charge is 0.242 e. The zero-order chi connectivity index (χ0) is 13.7. The molecular weight excluding hydrogens is 268 g/mol. The first-order valence-corrected chi connectivity index (χ1v) is 7.95. The maximum atomic E-state index is 11.9. The highest BCUT2D eigenvalue weighted by atomic mass is 32.2. The lowest BCUT2D eigenvalue weighted by molar-refractivity contribution is 0.123. The average Bonchev–Trinajstić information content (AvgIpc) is 3.07. The van der Waals surface area contributed by atoms with Crippen molar-refractivity contribution in [2.45, 2.75) is 30.8 Å². The molecule has 1 aromatic rings. The summed E-state index contributed by atoms with van der Waals surface area (Å²) in [4.78, 5) is 2.85. The Bertz CT molecular complexity index is 494. The minimum absolute atomic E-state index is 0.149. The molecule has 108 valence electrons. The Morgan fingerprint density at radius 1 is 1.47 bits per heavy atom. The third kappa shape index (κ3) is 4.61. The van der Waals surface area contributed by atoms with Crippen LogP contribution in [-0.4, -0.2) is 38.3 Å². The molecule has 0 saturated heterocycles. The van der Waals surface area contributed by atoms with Gasteiger partial charge in [0.1, 0.15) is 0 Å². The summed E-state index contributed by atoms with van der Waals surface area (Å²) in [5.41, 5.74) is 0.480. The Morgan fingerprint density at radius 2 is 2.26 bits per heavy atom. The van der Waals surface area contributed by atoms with E-state index in [-0.39, 0.29) is 11.5 Å². The first-order valence-electron chi connectivity index (χ1n) is 6.47. The van der Waals surface area contributed by atoms with Crippen LogP contribution in [-0.2, 0) is 21.4 Å². The van der Waals surface area contributed by atoms with Gasteiger partial charge in [0.05, 0.1) is 11.5 Å². The molecule has 7 heteroatoms. The summed E-state index contributed by atoms with van der Waals surface area (Å²) in [6.07, 6.45) is 4.54. The first-order chi connectivity index (χ1) is 9.12. The van der Waals surface area contributed by atoms with Crippen molar-refractivity contribution >= 4 is 10.0 Å². The van der Waals surface area contributed by atoms with Gasteiger partial charge in [-0.25, -0.2) is 13.1 Å². The van der Waals surface area contributed by atoms with Crippen LogP contribution in [0.4, 0.5) is 0 Å². The third-order valence-corrected chi connectivity index (χ3v) is 4.45. The van der Waals surface area contributed by atoms with Gasteiger partial charge in [0.15, 0.2) is 0 Å². The van der Waals surface area contributed by atoms with Crippen molar-refractivity contribution < 1.29 is 18.3 Å². The molecule has 1 heterocycles. The molecule has 0 spiro atoms. The Hall–Kier alpha value is -0.890. The minimum atomic E-state index is -3.49. The number of hydrogen-bond donors (Lipinski definition) is 3. The van der Waals surface area contributed by atoms with Gasteiger partial charge in [0.2, 0.25) is 10.0 Å². The molecule has 2 rings (SSSR count). The number of sulfonamides is 1. The van der Waals surface area contributed by atoms with Crippen LogP contribution in [0.2, 0.25) is 0 Å². The molecule has 1 aromatic heterocycles. The highest BCUT2D eigenvalue weighted by Crippen LogP contribution is 2.28. The summed E-state index contributed by atoms with van der Waals surface area (Å²) in [5, 5.41) is 8.88. The van der Waals surface area contributed by atoms with E-state index in [0.29, 0.717) is 25.3 Å². The number of nitrogens with one attached hydrogen (secondary N) is 2. The molecule has 0 atom stereocenters. The van der Waals surface area contributed by atoms with Gasteiger partial charge >= 0.3 is 0 Å². The van der Waals surface area contributed by atoms with E-state index in [2.05, 4.69) is 9.71 Å². The summed E-state index contributed by atoms with van der Waals surface area (Å²) >= 11 is 0. The summed E-state index contributed by atoms with van der Waals surface area (Å²) in [5.74, 6) is 0.730. The zero-order valence-corrected chi connectivity index (χ0v) is 11.6. The second-order valence-corrected chi connectivity index (χ2v) is 6.56. The van der Waals surface area contributed by atoms with Crippen molar-refractivity contribution in [1.29, 1.82) is 0 Å². The summed E-state index contributed by atoms with van der Waals surface area (Å²) in [6, 6.07) is 1.42. The Balaban J connectivity index is 1.67. The molecule has 19 heavy (non-hydrogen) atoms. The van der Waals surface area contributed by atoms with E-state index < -0.39 is 10.0 Å².